The summed E-state index contributed by atoms with van der Waals surface area (Å²) in [7, 11) is 1.37. The molecule has 0 aliphatic carbocycles. The third-order valence-electron chi connectivity index (χ3n) is 3.81. The smallest absolute Gasteiger partial charge is 0.337 e. The monoisotopic (exact) mass is 376 g/mol. The van der Waals surface area contributed by atoms with Crippen molar-refractivity contribution in [1.82, 2.24) is 4.98 Å². The van der Waals surface area contributed by atoms with Gasteiger partial charge < -0.3 is 10.1 Å². The number of carbonyl (C=O) groups is 1. The van der Waals surface area contributed by atoms with Crippen LogP contribution in [0.2, 0.25) is 5.02 Å². The molecular formula is C19H18Cl2N2O2. The van der Waals surface area contributed by atoms with E-state index in [0.29, 0.717) is 10.6 Å². The predicted molar refractivity (Wildman–Crippen MR) is 105 cm³/mol. The number of aryl methyl sites for hydroxylation is 2. The number of methoxy groups -OCH3 is 1. The molecule has 3 rings (SSSR count). The number of pyridine rings is 1. The molecule has 1 aromatic heterocycles. The van der Waals surface area contributed by atoms with Crippen molar-refractivity contribution in [2.24, 2.45) is 0 Å². The molecule has 0 atom stereocenters. The summed E-state index contributed by atoms with van der Waals surface area (Å²) in [6, 6.07) is 13.1. The first-order chi connectivity index (χ1) is 11.5. The van der Waals surface area contributed by atoms with E-state index in [4.69, 9.17) is 16.3 Å². The van der Waals surface area contributed by atoms with Crippen LogP contribution in [-0.2, 0) is 4.74 Å². The molecule has 0 saturated heterocycles. The number of nitrogens with zero attached hydrogens (tertiary/aromatic N) is 1. The second kappa shape index (κ2) is 7.72. The Morgan fingerprint density at radius 1 is 1.12 bits per heavy atom. The number of aromatic nitrogens is 1. The van der Waals surface area contributed by atoms with Crippen molar-refractivity contribution in [3.05, 3.63) is 64.3 Å². The summed E-state index contributed by atoms with van der Waals surface area (Å²) >= 11 is 6.20. The molecule has 0 amide bonds. The lowest BCUT2D eigenvalue weighted by molar-refractivity contribution is 0.0601. The van der Waals surface area contributed by atoms with Crippen molar-refractivity contribution < 1.29 is 9.53 Å². The second-order valence-corrected chi connectivity index (χ2v) is 6.03. The van der Waals surface area contributed by atoms with Crippen LogP contribution in [0.3, 0.4) is 0 Å². The standard InChI is InChI=1S/C19H17ClN2O2.ClH/c1-11-4-6-14(10-16(11)20)22-18-8-12(2)21-17-7-5-13(9-15(17)18)19(23)24-3;/h4-10H,1-3H3,(H,21,22);1H. The van der Waals surface area contributed by atoms with Crippen LogP contribution in [0.25, 0.3) is 10.9 Å². The van der Waals surface area contributed by atoms with Crippen LogP contribution in [-0.4, -0.2) is 18.1 Å². The van der Waals surface area contributed by atoms with Crippen LogP contribution in [0.1, 0.15) is 21.6 Å². The highest BCUT2D eigenvalue weighted by molar-refractivity contribution is 6.31. The third-order valence-corrected chi connectivity index (χ3v) is 4.22. The number of fused-ring (bicyclic) bond motifs is 1. The fraction of sp³-hybridized carbons (Fsp3) is 0.158. The van der Waals surface area contributed by atoms with Crippen LogP contribution in [0.4, 0.5) is 11.4 Å². The SMILES string of the molecule is COC(=O)c1ccc2nc(C)cc(Nc3ccc(C)c(Cl)c3)c2c1.Cl. The van der Waals surface area contributed by atoms with Crippen molar-refractivity contribution in [3.8, 4) is 0 Å². The van der Waals surface area contributed by atoms with Crippen LogP contribution < -0.4 is 5.32 Å². The Labute approximate surface area is 157 Å². The molecule has 2 aromatic carbocycles. The fourth-order valence-electron chi connectivity index (χ4n) is 2.53. The highest BCUT2D eigenvalue weighted by atomic mass is 35.5. The summed E-state index contributed by atoms with van der Waals surface area (Å²) in [6.07, 6.45) is 0. The Kier molecular flexibility index (Phi) is 5.88. The van der Waals surface area contributed by atoms with E-state index in [0.717, 1.165) is 33.5 Å². The van der Waals surface area contributed by atoms with Gasteiger partial charge in [0.2, 0.25) is 0 Å². The number of nitrogens with one attached hydrogen (secondary N) is 1. The molecule has 0 radical (unpaired) electrons. The van der Waals surface area contributed by atoms with Gasteiger partial charge in [-0.15, -0.1) is 12.4 Å². The molecule has 1 heterocycles. The zero-order chi connectivity index (χ0) is 17.3. The molecule has 0 aliphatic heterocycles. The normalized spacial score (nSPS) is 10.2. The molecule has 130 valence electrons. The van der Waals surface area contributed by atoms with E-state index >= 15 is 0 Å². The van der Waals surface area contributed by atoms with Gasteiger partial charge >= 0.3 is 5.97 Å². The topological polar surface area (TPSA) is 51.2 Å². The molecular weight excluding hydrogens is 359 g/mol. The van der Waals surface area contributed by atoms with Crippen molar-refractivity contribution in [2.75, 3.05) is 12.4 Å². The summed E-state index contributed by atoms with van der Waals surface area (Å²) in [6.45, 7) is 3.89. The zero-order valence-electron chi connectivity index (χ0n) is 14.1. The summed E-state index contributed by atoms with van der Waals surface area (Å²) in [5.74, 6) is -0.373. The number of rotatable bonds is 3. The number of benzene rings is 2. The van der Waals surface area contributed by atoms with E-state index in [1.807, 2.05) is 44.2 Å². The van der Waals surface area contributed by atoms with Gasteiger partial charge in [-0.05, 0) is 55.8 Å². The Balaban J connectivity index is 0.00000225. The maximum absolute atomic E-state index is 11.8. The van der Waals surface area contributed by atoms with E-state index in [9.17, 15) is 4.79 Å². The first-order valence-corrected chi connectivity index (χ1v) is 7.88. The number of esters is 1. The van der Waals surface area contributed by atoms with Crippen molar-refractivity contribution in [2.45, 2.75) is 13.8 Å². The van der Waals surface area contributed by atoms with Gasteiger partial charge in [-0.3, -0.25) is 4.98 Å². The van der Waals surface area contributed by atoms with Gasteiger partial charge in [-0.25, -0.2) is 4.79 Å². The Hall–Kier alpha value is -2.30. The van der Waals surface area contributed by atoms with Gasteiger partial charge in [-0.2, -0.15) is 0 Å². The van der Waals surface area contributed by atoms with E-state index in [2.05, 4.69) is 10.3 Å². The highest BCUT2D eigenvalue weighted by Gasteiger charge is 2.10. The molecule has 25 heavy (non-hydrogen) atoms. The van der Waals surface area contributed by atoms with Crippen LogP contribution in [0.15, 0.2) is 42.5 Å². The predicted octanol–water partition coefficient (Wildman–Crippen LogP) is 5.46. The van der Waals surface area contributed by atoms with Gasteiger partial charge in [0.1, 0.15) is 0 Å². The summed E-state index contributed by atoms with van der Waals surface area (Å²) in [5, 5.41) is 4.91. The van der Waals surface area contributed by atoms with E-state index in [1.165, 1.54) is 7.11 Å². The van der Waals surface area contributed by atoms with Crippen molar-refractivity contribution in [3.63, 3.8) is 0 Å². The lowest BCUT2D eigenvalue weighted by Crippen LogP contribution is -2.02. The highest BCUT2D eigenvalue weighted by Crippen LogP contribution is 2.29. The Bertz CT molecular complexity index is 942. The molecule has 0 fully saturated rings. The number of hydrogen-bond acceptors (Lipinski definition) is 4. The first-order valence-electron chi connectivity index (χ1n) is 7.51. The number of hydrogen-bond donors (Lipinski definition) is 1. The van der Waals surface area contributed by atoms with Gasteiger partial charge in [0.15, 0.2) is 0 Å². The lowest BCUT2D eigenvalue weighted by Gasteiger charge is -2.12. The van der Waals surface area contributed by atoms with Gasteiger partial charge in [0.25, 0.3) is 0 Å². The molecule has 0 bridgehead atoms. The summed E-state index contributed by atoms with van der Waals surface area (Å²) in [5.41, 5.74) is 4.94. The quantitative estimate of drug-likeness (QED) is 0.616. The molecule has 0 unspecified atom stereocenters. The van der Waals surface area contributed by atoms with Crippen LogP contribution in [0.5, 0.6) is 0 Å². The van der Waals surface area contributed by atoms with Gasteiger partial charge in [-0.1, -0.05) is 17.7 Å². The number of halogens is 2. The average Bonchev–Trinajstić information content (AvgIpc) is 2.57. The molecule has 0 saturated carbocycles. The third kappa shape index (κ3) is 4.03. The fourth-order valence-corrected chi connectivity index (χ4v) is 2.71. The van der Waals surface area contributed by atoms with Gasteiger partial charge in [0, 0.05) is 27.5 Å². The second-order valence-electron chi connectivity index (χ2n) is 5.62. The Morgan fingerprint density at radius 2 is 1.88 bits per heavy atom. The minimum atomic E-state index is -0.373. The Morgan fingerprint density at radius 3 is 2.56 bits per heavy atom. The lowest BCUT2D eigenvalue weighted by atomic mass is 10.1. The molecule has 4 nitrogen and oxygen atoms in total. The summed E-state index contributed by atoms with van der Waals surface area (Å²) < 4.78 is 4.80. The summed E-state index contributed by atoms with van der Waals surface area (Å²) in [4.78, 5) is 16.3. The number of ether oxygens (including phenoxy) is 1. The minimum absolute atomic E-state index is 0. The minimum Gasteiger partial charge on any atom is -0.465 e. The average molecular weight is 377 g/mol. The van der Waals surface area contributed by atoms with Crippen LogP contribution >= 0.6 is 24.0 Å². The molecule has 6 heteroatoms. The van der Waals surface area contributed by atoms with Crippen molar-refractivity contribution >= 4 is 52.3 Å². The molecule has 1 N–H and O–H groups in total. The molecule has 0 spiro atoms. The van der Waals surface area contributed by atoms with E-state index < -0.39 is 0 Å². The maximum atomic E-state index is 11.8. The number of anilines is 2. The van der Waals surface area contributed by atoms with E-state index in [-0.39, 0.29) is 18.4 Å². The first kappa shape index (κ1) is 19.0. The molecule has 0 aliphatic rings. The zero-order valence-corrected chi connectivity index (χ0v) is 15.7. The maximum Gasteiger partial charge on any atom is 0.337 e. The van der Waals surface area contributed by atoms with Crippen LogP contribution in [0, 0.1) is 13.8 Å². The van der Waals surface area contributed by atoms with Crippen molar-refractivity contribution in [1.29, 1.82) is 0 Å². The van der Waals surface area contributed by atoms with E-state index in [1.54, 1.807) is 12.1 Å². The largest absolute Gasteiger partial charge is 0.465 e. The number of carbonyl (C=O) groups excluding carboxylic acids is 1. The molecule has 3 aromatic rings. The van der Waals surface area contributed by atoms with Gasteiger partial charge in [0.05, 0.1) is 18.2 Å².